The summed E-state index contributed by atoms with van der Waals surface area (Å²) in [5.74, 6) is -0.937. The smallest absolute Gasteiger partial charge is 0.319 e. The molecule has 3 N–H and O–H groups in total. The Bertz CT molecular complexity index is 1330. The SMILES string of the molecule is Cc1cc(C)c(NC(=O)NCc2ccc3c(=O)n(C4CCC(=O)NC4=O)nnc3c2)c(Br)c1. The Kier molecular flexibility index (Phi) is 6.23. The second kappa shape index (κ2) is 9.10. The van der Waals surface area contributed by atoms with Gasteiger partial charge < -0.3 is 10.6 Å². The van der Waals surface area contributed by atoms with Crippen molar-refractivity contribution >= 4 is 50.4 Å². The molecule has 1 aliphatic rings. The third-order valence-corrected chi connectivity index (χ3v) is 6.00. The Labute approximate surface area is 196 Å². The molecule has 0 saturated carbocycles. The number of urea groups is 1. The second-order valence-electron chi connectivity index (χ2n) is 7.90. The standard InChI is InChI=1S/C22H21BrN6O4/c1-11-7-12(2)19(15(23)8-11)26-22(33)24-10-13-3-4-14-16(9-13)27-28-29(21(14)32)17-5-6-18(30)25-20(17)31/h3-4,7-9,17H,5-6,10H2,1-2H3,(H2,24,26,33)(H,25,30,31). The van der Waals surface area contributed by atoms with Gasteiger partial charge in [-0.2, -0.15) is 4.68 Å². The van der Waals surface area contributed by atoms with E-state index in [4.69, 9.17) is 0 Å². The Balaban J connectivity index is 1.48. The molecule has 1 aromatic heterocycles. The van der Waals surface area contributed by atoms with Gasteiger partial charge in [-0.25, -0.2) is 4.79 Å². The zero-order chi connectivity index (χ0) is 23.7. The van der Waals surface area contributed by atoms with Crippen molar-refractivity contribution in [2.24, 2.45) is 0 Å². The molecule has 11 heteroatoms. The summed E-state index contributed by atoms with van der Waals surface area (Å²) in [7, 11) is 0. The molecule has 1 atom stereocenters. The Morgan fingerprint density at radius 3 is 2.73 bits per heavy atom. The van der Waals surface area contributed by atoms with Gasteiger partial charge in [0.15, 0.2) is 0 Å². The number of aryl methyl sites for hydroxylation is 2. The number of hydrogen-bond acceptors (Lipinski definition) is 6. The minimum atomic E-state index is -0.873. The van der Waals surface area contributed by atoms with Crippen molar-refractivity contribution < 1.29 is 14.4 Å². The highest BCUT2D eigenvalue weighted by Crippen LogP contribution is 2.27. The zero-order valence-electron chi connectivity index (χ0n) is 17.9. The van der Waals surface area contributed by atoms with Crippen LogP contribution in [0.4, 0.5) is 10.5 Å². The summed E-state index contributed by atoms with van der Waals surface area (Å²) in [6.45, 7) is 4.10. The summed E-state index contributed by atoms with van der Waals surface area (Å²) in [6.07, 6.45) is 0.326. The highest BCUT2D eigenvalue weighted by molar-refractivity contribution is 9.10. The van der Waals surface area contributed by atoms with E-state index in [1.807, 2.05) is 26.0 Å². The van der Waals surface area contributed by atoms with Gasteiger partial charge in [-0.1, -0.05) is 17.3 Å². The van der Waals surface area contributed by atoms with Crippen molar-refractivity contribution in [2.45, 2.75) is 39.3 Å². The van der Waals surface area contributed by atoms with E-state index in [2.05, 4.69) is 42.2 Å². The predicted molar refractivity (Wildman–Crippen MR) is 125 cm³/mol. The maximum absolute atomic E-state index is 12.8. The van der Waals surface area contributed by atoms with Crippen LogP contribution in [0, 0.1) is 13.8 Å². The molecule has 1 fully saturated rings. The van der Waals surface area contributed by atoms with Crippen LogP contribution in [0.15, 0.2) is 39.6 Å². The van der Waals surface area contributed by atoms with Crippen molar-refractivity contribution in [1.82, 2.24) is 25.6 Å². The fourth-order valence-electron chi connectivity index (χ4n) is 3.74. The first-order valence-electron chi connectivity index (χ1n) is 10.3. The highest BCUT2D eigenvalue weighted by Gasteiger charge is 2.30. The number of rotatable bonds is 4. The van der Waals surface area contributed by atoms with Crippen LogP contribution >= 0.6 is 15.9 Å². The van der Waals surface area contributed by atoms with E-state index in [-0.39, 0.29) is 31.3 Å². The summed E-state index contributed by atoms with van der Waals surface area (Å²) in [5, 5.41) is 16.1. The van der Waals surface area contributed by atoms with Crippen LogP contribution in [-0.4, -0.2) is 32.8 Å². The van der Waals surface area contributed by atoms with Gasteiger partial charge in [0.25, 0.3) is 11.5 Å². The zero-order valence-corrected chi connectivity index (χ0v) is 19.5. The van der Waals surface area contributed by atoms with Gasteiger partial charge >= 0.3 is 6.03 Å². The lowest BCUT2D eigenvalue weighted by molar-refractivity contribution is -0.136. The van der Waals surface area contributed by atoms with Crippen molar-refractivity contribution in [3.63, 3.8) is 0 Å². The quantitative estimate of drug-likeness (QED) is 0.459. The van der Waals surface area contributed by atoms with Crippen molar-refractivity contribution in [1.29, 1.82) is 0 Å². The van der Waals surface area contributed by atoms with E-state index >= 15 is 0 Å². The van der Waals surface area contributed by atoms with Crippen LogP contribution in [0.2, 0.25) is 0 Å². The third kappa shape index (κ3) is 4.77. The van der Waals surface area contributed by atoms with Crippen molar-refractivity contribution in [2.75, 3.05) is 5.32 Å². The minimum absolute atomic E-state index is 0.133. The van der Waals surface area contributed by atoms with E-state index in [1.165, 1.54) is 0 Å². The van der Waals surface area contributed by atoms with E-state index in [0.29, 0.717) is 16.6 Å². The predicted octanol–water partition coefficient (Wildman–Crippen LogP) is 2.47. The largest absolute Gasteiger partial charge is 0.334 e. The number of aromatic nitrogens is 3. The Morgan fingerprint density at radius 2 is 2.00 bits per heavy atom. The summed E-state index contributed by atoms with van der Waals surface area (Å²) in [6, 6.07) is 7.60. The average molecular weight is 513 g/mol. The van der Waals surface area contributed by atoms with E-state index < -0.39 is 17.5 Å². The molecule has 0 spiro atoms. The molecule has 33 heavy (non-hydrogen) atoms. The van der Waals surface area contributed by atoms with Gasteiger partial charge in [0.05, 0.1) is 11.1 Å². The molecule has 4 rings (SSSR count). The number of imide groups is 1. The van der Waals surface area contributed by atoms with Gasteiger partial charge in [-0.15, -0.1) is 5.10 Å². The molecule has 170 valence electrons. The molecule has 3 aromatic rings. The first kappa shape index (κ1) is 22.6. The molecule has 0 aliphatic carbocycles. The maximum Gasteiger partial charge on any atom is 0.319 e. The topological polar surface area (TPSA) is 135 Å². The number of nitrogens with one attached hydrogen (secondary N) is 3. The number of nitrogens with zero attached hydrogens (tertiary/aromatic N) is 3. The lowest BCUT2D eigenvalue weighted by Gasteiger charge is -2.21. The minimum Gasteiger partial charge on any atom is -0.334 e. The molecular weight excluding hydrogens is 492 g/mol. The normalized spacial score (nSPS) is 15.9. The van der Waals surface area contributed by atoms with Crippen LogP contribution in [0.3, 0.4) is 0 Å². The Morgan fingerprint density at radius 1 is 1.21 bits per heavy atom. The summed E-state index contributed by atoms with van der Waals surface area (Å²) >= 11 is 3.47. The molecule has 1 unspecified atom stereocenters. The number of carbonyl (C=O) groups is 3. The van der Waals surface area contributed by atoms with E-state index in [0.717, 1.165) is 25.8 Å². The average Bonchev–Trinajstić information content (AvgIpc) is 2.75. The number of benzene rings is 2. The number of halogens is 1. The van der Waals surface area contributed by atoms with E-state index in [1.54, 1.807) is 18.2 Å². The van der Waals surface area contributed by atoms with Gasteiger partial charge in [0.2, 0.25) is 5.91 Å². The third-order valence-electron chi connectivity index (χ3n) is 5.38. The molecule has 2 heterocycles. The van der Waals surface area contributed by atoms with Crippen LogP contribution in [0.5, 0.6) is 0 Å². The second-order valence-corrected chi connectivity index (χ2v) is 8.76. The van der Waals surface area contributed by atoms with Crippen LogP contribution in [0.25, 0.3) is 10.9 Å². The molecule has 4 amide bonds. The number of amides is 4. The van der Waals surface area contributed by atoms with Gasteiger partial charge in [0, 0.05) is 17.4 Å². The van der Waals surface area contributed by atoms with E-state index in [9.17, 15) is 19.2 Å². The molecule has 1 saturated heterocycles. The number of piperidine rings is 1. The first-order chi connectivity index (χ1) is 15.7. The molecule has 0 radical (unpaired) electrons. The number of hydrogen-bond donors (Lipinski definition) is 3. The first-order valence-corrected chi connectivity index (χ1v) is 11.1. The number of fused-ring (bicyclic) bond motifs is 1. The van der Waals surface area contributed by atoms with Gasteiger partial charge in [-0.05, 0) is 71.1 Å². The molecule has 1 aliphatic heterocycles. The lowest BCUT2D eigenvalue weighted by Crippen LogP contribution is -2.45. The molecule has 0 bridgehead atoms. The summed E-state index contributed by atoms with van der Waals surface area (Å²) < 4.78 is 1.81. The van der Waals surface area contributed by atoms with Gasteiger partial charge in [0.1, 0.15) is 11.6 Å². The fourth-order valence-corrected chi connectivity index (χ4v) is 4.52. The molecular formula is C22H21BrN6O4. The fraction of sp³-hybridized carbons (Fsp3) is 0.273. The lowest BCUT2D eigenvalue weighted by atomic mass is 10.1. The highest BCUT2D eigenvalue weighted by atomic mass is 79.9. The number of carbonyl (C=O) groups excluding carboxylic acids is 3. The van der Waals surface area contributed by atoms with Crippen LogP contribution in [-0.2, 0) is 16.1 Å². The summed E-state index contributed by atoms with van der Waals surface area (Å²) in [5.41, 5.74) is 3.32. The Hall–Kier alpha value is -3.60. The molecule has 2 aromatic carbocycles. The van der Waals surface area contributed by atoms with Gasteiger partial charge in [-0.3, -0.25) is 19.7 Å². The maximum atomic E-state index is 12.8. The molecule has 10 nitrogen and oxygen atoms in total. The van der Waals surface area contributed by atoms with Crippen molar-refractivity contribution in [3.8, 4) is 0 Å². The monoisotopic (exact) mass is 512 g/mol. The van der Waals surface area contributed by atoms with Crippen LogP contribution in [0.1, 0.15) is 35.6 Å². The summed E-state index contributed by atoms with van der Waals surface area (Å²) in [4.78, 5) is 48.6. The van der Waals surface area contributed by atoms with Crippen LogP contribution < -0.4 is 21.5 Å². The van der Waals surface area contributed by atoms with Crippen molar-refractivity contribution in [3.05, 3.63) is 61.8 Å². The number of anilines is 1.